The Balaban J connectivity index is 1.50. The van der Waals surface area contributed by atoms with E-state index in [1.54, 1.807) is 24.3 Å². The molecule has 0 spiro atoms. The first-order chi connectivity index (χ1) is 14.4. The number of rotatable bonds is 9. The minimum atomic E-state index is -3.58. The van der Waals surface area contributed by atoms with Gasteiger partial charge in [-0.15, -0.1) is 0 Å². The zero-order valence-corrected chi connectivity index (χ0v) is 17.7. The van der Waals surface area contributed by atoms with Crippen LogP contribution in [-0.4, -0.2) is 14.3 Å². The molecule has 3 aromatic carbocycles. The first kappa shape index (κ1) is 21.7. The van der Waals surface area contributed by atoms with E-state index in [2.05, 4.69) is 10.0 Å². The SMILES string of the molecule is C[C@@H](NC(=O)CCc1ccc(S(=O)(=O)NCc2ccccc2)cc1)c1ccccc1. The Labute approximate surface area is 178 Å². The summed E-state index contributed by atoms with van der Waals surface area (Å²) in [5.74, 6) is -0.0346. The smallest absolute Gasteiger partial charge is 0.240 e. The minimum absolute atomic E-state index is 0.0346. The Kier molecular flexibility index (Phi) is 7.38. The second-order valence-corrected chi connectivity index (χ2v) is 8.92. The van der Waals surface area contributed by atoms with Crippen molar-refractivity contribution in [2.45, 2.75) is 37.2 Å². The van der Waals surface area contributed by atoms with Crippen LogP contribution >= 0.6 is 0 Å². The number of aryl methyl sites for hydroxylation is 1. The van der Waals surface area contributed by atoms with Crippen molar-refractivity contribution in [2.75, 3.05) is 0 Å². The summed E-state index contributed by atoms with van der Waals surface area (Å²) in [4.78, 5) is 12.4. The van der Waals surface area contributed by atoms with E-state index >= 15 is 0 Å². The molecule has 0 saturated heterocycles. The van der Waals surface area contributed by atoms with Crippen LogP contribution in [-0.2, 0) is 27.8 Å². The molecule has 0 aliphatic rings. The van der Waals surface area contributed by atoms with E-state index in [-0.39, 0.29) is 23.4 Å². The molecular weight excluding hydrogens is 396 g/mol. The van der Waals surface area contributed by atoms with Crippen LogP contribution in [0.15, 0.2) is 89.8 Å². The van der Waals surface area contributed by atoms with Crippen LogP contribution in [0.2, 0.25) is 0 Å². The molecule has 0 radical (unpaired) electrons. The summed E-state index contributed by atoms with van der Waals surface area (Å²) in [5, 5.41) is 2.99. The summed E-state index contributed by atoms with van der Waals surface area (Å²) in [6.07, 6.45) is 0.890. The van der Waals surface area contributed by atoms with Gasteiger partial charge in [0.2, 0.25) is 15.9 Å². The lowest BCUT2D eigenvalue weighted by Crippen LogP contribution is -2.26. The highest BCUT2D eigenvalue weighted by Gasteiger charge is 2.14. The van der Waals surface area contributed by atoms with E-state index in [1.165, 1.54) is 0 Å². The van der Waals surface area contributed by atoms with Crippen molar-refractivity contribution in [1.29, 1.82) is 0 Å². The third-order valence-corrected chi connectivity index (χ3v) is 6.28. The molecule has 0 heterocycles. The summed E-state index contributed by atoms with van der Waals surface area (Å²) >= 11 is 0. The average molecular weight is 423 g/mol. The van der Waals surface area contributed by atoms with Crippen LogP contribution in [0.4, 0.5) is 0 Å². The van der Waals surface area contributed by atoms with Gasteiger partial charge in [0.05, 0.1) is 10.9 Å². The predicted molar refractivity (Wildman–Crippen MR) is 118 cm³/mol. The summed E-state index contributed by atoms with van der Waals surface area (Å²) < 4.78 is 27.5. The Morgan fingerprint density at radius 2 is 1.43 bits per heavy atom. The van der Waals surface area contributed by atoms with Crippen LogP contribution in [0.5, 0.6) is 0 Å². The fourth-order valence-electron chi connectivity index (χ4n) is 3.09. The summed E-state index contributed by atoms with van der Waals surface area (Å²) in [6.45, 7) is 2.19. The second kappa shape index (κ2) is 10.2. The molecule has 0 aliphatic heterocycles. The number of amides is 1. The third kappa shape index (κ3) is 6.27. The number of carbonyl (C=O) groups excluding carboxylic acids is 1. The maximum atomic E-state index is 12.5. The molecule has 0 bridgehead atoms. The molecule has 0 fully saturated rings. The molecule has 6 heteroatoms. The average Bonchev–Trinajstić information content (AvgIpc) is 2.78. The molecule has 0 unspecified atom stereocenters. The first-order valence-corrected chi connectivity index (χ1v) is 11.4. The van der Waals surface area contributed by atoms with Gasteiger partial charge in [-0.05, 0) is 42.2 Å². The maximum Gasteiger partial charge on any atom is 0.240 e. The van der Waals surface area contributed by atoms with Crippen LogP contribution in [0, 0.1) is 0 Å². The van der Waals surface area contributed by atoms with E-state index in [0.717, 1.165) is 16.7 Å². The number of nitrogens with one attached hydrogen (secondary N) is 2. The second-order valence-electron chi connectivity index (χ2n) is 7.15. The van der Waals surface area contributed by atoms with Gasteiger partial charge in [-0.2, -0.15) is 0 Å². The highest BCUT2D eigenvalue weighted by atomic mass is 32.2. The standard InChI is InChI=1S/C24H26N2O3S/c1-19(22-10-6-3-7-11-22)26-24(27)17-14-20-12-15-23(16-13-20)30(28,29)25-18-21-8-4-2-5-9-21/h2-13,15-16,19,25H,14,17-18H2,1H3,(H,26,27)/t19-/m1/s1. The van der Waals surface area contributed by atoms with Crippen LogP contribution in [0.1, 0.15) is 36.1 Å². The molecule has 156 valence electrons. The van der Waals surface area contributed by atoms with E-state index in [1.807, 2.05) is 67.6 Å². The number of benzene rings is 3. The normalized spacial score (nSPS) is 12.3. The molecule has 30 heavy (non-hydrogen) atoms. The van der Waals surface area contributed by atoms with Crippen molar-refractivity contribution in [3.8, 4) is 0 Å². The zero-order valence-electron chi connectivity index (χ0n) is 16.9. The zero-order chi connectivity index (χ0) is 21.4. The third-order valence-electron chi connectivity index (χ3n) is 4.86. The number of carbonyl (C=O) groups is 1. The molecule has 0 aliphatic carbocycles. The largest absolute Gasteiger partial charge is 0.350 e. The Hall–Kier alpha value is -2.96. The van der Waals surface area contributed by atoms with Crippen molar-refractivity contribution in [3.63, 3.8) is 0 Å². The lowest BCUT2D eigenvalue weighted by Gasteiger charge is -2.14. The summed E-state index contributed by atoms with van der Waals surface area (Å²) in [6, 6.07) is 25.8. The van der Waals surface area contributed by atoms with Crippen molar-refractivity contribution < 1.29 is 13.2 Å². The lowest BCUT2D eigenvalue weighted by atomic mass is 10.1. The number of hydrogen-bond donors (Lipinski definition) is 2. The Bertz CT molecular complexity index is 1050. The highest BCUT2D eigenvalue weighted by Crippen LogP contribution is 2.14. The molecule has 0 aromatic heterocycles. The quantitative estimate of drug-likeness (QED) is 0.548. The van der Waals surface area contributed by atoms with E-state index in [4.69, 9.17) is 0 Å². The fourth-order valence-corrected chi connectivity index (χ4v) is 4.11. The van der Waals surface area contributed by atoms with E-state index in [0.29, 0.717) is 12.8 Å². The number of hydrogen-bond acceptors (Lipinski definition) is 3. The van der Waals surface area contributed by atoms with Gasteiger partial charge >= 0.3 is 0 Å². The highest BCUT2D eigenvalue weighted by molar-refractivity contribution is 7.89. The maximum absolute atomic E-state index is 12.5. The molecule has 2 N–H and O–H groups in total. The molecule has 3 aromatic rings. The van der Waals surface area contributed by atoms with Crippen molar-refractivity contribution >= 4 is 15.9 Å². The van der Waals surface area contributed by atoms with Gasteiger partial charge in [-0.25, -0.2) is 13.1 Å². The van der Waals surface area contributed by atoms with Gasteiger partial charge in [0.25, 0.3) is 0 Å². The predicted octanol–water partition coefficient (Wildman–Crippen LogP) is 3.98. The first-order valence-electron chi connectivity index (χ1n) is 9.91. The Morgan fingerprint density at radius 3 is 2.07 bits per heavy atom. The van der Waals surface area contributed by atoms with E-state index < -0.39 is 10.0 Å². The van der Waals surface area contributed by atoms with Gasteiger partial charge in [0.15, 0.2) is 0 Å². The topological polar surface area (TPSA) is 75.3 Å². The van der Waals surface area contributed by atoms with Gasteiger partial charge in [-0.1, -0.05) is 72.8 Å². The molecule has 1 amide bonds. The molecule has 0 saturated carbocycles. The summed E-state index contributed by atoms with van der Waals surface area (Å²) in [7, 11) is -3.58. The minimum Gasteiger partial charge on any atom is -0.350 e. The number of sulfonamides is 1. The van der Waals surface area contributed by atoms with Crippen molar-refractivity contribution in [1.82, 2.24) is 10.0 Å². The van der Waals surface area contributed by atoms with Crippen LogP contribution in [0.3, 0.4) is 0 Å². The van der Waals surface area contributed by atoms with E-state index in [9.17, 15) is 13.2 Å². The monoisotopic (exact) mass is 422 g/mol. The molecular formula is C24H26N2O3S. The fraction of sp³-hybridized carbons (Fsp3) is 0.208. The van der Waals surface area contributed by atoms with Gasteiger partial charge in [0, 0.05) is 13.0 Å². The van der Waals surface area contributed by atoms with Gasteiger partial charge in [0.1, 0.15) is 0 Å². The lowest BCUT2D eigenvalue weighted by molar-refractivity contribution is -0.121. The Morgan fingerprint density at radius 1 is 0.833 bits per heavy atom. The van der Waals surface area contributed by atoms with Crippen LogP contribution < -0.4 is 10.0 Å². The van der Waals surface area contributed by atoms with Gasteiger partial charge in [-0.3, -0.25) is 4.79 Å². The van der Waals surface area contributed by atoms with Crippen molar-refractivity contribution in [2.24, 2.45) is 0 Å². The van der Waals surface area contributed by atoms with Gasteiger partial charge < -0.3 is 5.32 Å². The molecule has 1 atom stereocenters. The van der Waals surface area contributed by atoms with Crippen molar-refractivity contribution in [3.05, 3.63) is 102 Å². The van der Waals surface area contributed by atoms with Crippen LogP contribution in [0.25, 0.3) is 0 Å². The molecule has 3 rings (SSSR count). The molecule has 5 nitrogen and oxygen atoms in total. The summed E-state index contributed by atoms with van der Waals surface area (Å²) in [5.41, 5.74) is 2.87.